The Kier molecular flexibility index (Phi) is 8.52. The number of carbonyl (C=O) groups is 1. The van der Waals surface area contributed by atoms with Gasteiger partial charge in [0, 0.05) is 35.6 Å². The average molecular weight is 521 g/mol. The van der Waals surface area contributed by atoms with Crippen molar-refractivity contribution in [1.29, 1.82) is 0 Å². The highest BCUT2D eigenvalue weighted by atomic mass is 19.4. The second-order valence-corrected chi connectivity index (χ2v) is 9.34. The molecule has 0 unspecified atom stereocenters. The predicted molar refractivity (Wildman–Crippen MR) is 145 cm³/mol. The minimum Gasteiger partial charge on any atom is -0.523 e. The van der Waals surface area contributed by atoms with Crippen LogP contribution in [0.4, 0.5) is 12.9 Å². The number of rotatable bonds is 7. The normalized spacial score (nSPS) is 13.7. The van der Waals surface area contributed by atoms with Gasteiger partial charge in [-0.2, -0.15) is 0 Å². The molecule has 1 N–H and O–H groups in total. The molecule has 1 heterocycles. The third kappa shape index (κ3) is 6.08. The Morgan fingerprint density at radius 3 is 2.05 bits per heavy atom. The summed E-state index contributed by atoms with van der Waals surface area (Å²) in [6, 6.07) is 18.1. The molecule has 8 heteroatoms. The number of unbranched alkanes of at least 4 members (excludes halogenated alkanes) is 2. The lowest BCUT2D eigenvalue weighted by atomic mass is 9.84. The number of hydrogen-bond donors (Lipinski definition) is 1. The second-order valence-electron chi connectivity index (χ2n) is 9.34. The Morgan fingerprint density at radius 2 is 1.45 bits per heavy atom. The van der Waals surface area contributed by atoms with Gasteiger partial charge in [0.15, 0.2) is 5.78 Å². The van der Waals surface area contributed by atoms with Gasteiger partial charge in [-0.25, -0.2) is 4.58 Å². The van der Waals surface area contributed by atoms with Crippen LogP contribution in [-0.4, -0.2) is 41.4 Å². The molecule has 0 saturated heterocycles. The van der Waals surface area contributed by atoms with Crippen LogP contribution >= 0.6 is 0 Å². The first-order valence-corrected chi connectivity index (χ1v) is 13.0. The summed E-state index contributed by atoms with van der Waals surface area (Å²) in [6.45, 7) is 6.53. The molecule has 0 saturated carbocycles. The number of halogens is 3. The van der Waals surface area contributed by atoms with Crippen LogP contribution < -0.4 is 10.8 Å². The van der Waals surface area contributed by atoms with Crippen molar-refractivity contribution in [2.75, 3.05) is 13.1 Å². The van der Waals surface area contributed by atoms with Crippen molar-refractivity contribution >= 4 is 36.4 Å². The van der Waals surface area contributed by atoms with Crippen LogP contribution in [0.1, 0.15) is 72.1 Å². The van der Waals surface area contributed by atoms with E-state index in [1.54, 1.807) is 0 Å². The molecule has 0 atom stereocenters. The molecule has 5 rings (SSSR count). The van der Waals surface area contributed by atoms with Gasteiger partial charge in [0.25, 0.3) is 0 Å². The standard InChI is InChI=1S/C30H30NO2.BF3HO/c1-3-5-18-31(19-6-4-2)22-16-17-25-26(20-22)33-30-27(21-12-8-7-9-13-21)23-14-10-11-15-24(23)29(32)28(25)30;2-1(3,4)5/h7-17,20H,3-6,18-19H2,1-2H3;5H/q+1;-1. The summed E-state index contributed by atoms with van der Waals surface area (Å²) in [4.78, 5) is 13.6. The number of allylic oxidation sites excluding steroid dienone is 1. The van der Waals surface area contributed by atoms with Gasteiger partial charge in [0.05, 0.1) is 11.6 Å². The van der Waals surface area contributed by atoms with E-state index in [1.165, 1.54) is 18.6 Å². The zero-order valence-corrected chi connectivity index (χ0v) is 21.6. The van der Waals surface area contributed by atoms with Crippen LogP contribution in [-0.2, 0) is 0 Å². The number of ketones is 1. The number of fused-ring (bicyclic) bond motifs is 4. The van der Waals surface area contributed by atoms with Gasteiger partial charge < -0.3 is 22.4 Å². The highest BCUT2D eigenvalue weighted by Crippen LogP contribution is 2.30. The Balaban J connectivity index is 0.000000617. The van der Waals surface area contributed by atoms with Crippen molar-refractivity contribution in [1.82, 2.24) is 0 Å². The SMILES string of the molecule is CCCC[N+](CCCC)=C1C=Cc2c3c(oc2=C1)=C(c1ccccc1)c1ccccc1C3=O.O[B-](F)(F)F. The maximum atomic E-state index is 13.6. The largest absolute Gasteiger partial charge is 0.635 e. The summed E-state index contributed by atoms with van der Waals surface area (Å²) in [5.74, 6) is 0.0422. The molecule has 1 aromatic heterocycles. The van der Waals surface area contributed by atoms with Crippen LogP contribution in [0.15, 0.2) is 65.1 Å². The molecule has 2 aliphatic carbocycles. The fraction of sp³-hybridized carbons (Fsp3) is 0.267. The number of carbonyl (C=O) groups excluding carboxylic acids is 1. The topological polar surface area (TPSA) is 53.5 Å². The molecule has 0 amide bonds. The molecule has 0 fully saturated rings. The summed E-state index contributed by atoms with van der Waals surface area (Å²) in [7, 11) is -5.50. The maximum Gasteiger partial charge on any atom is 0.635 e. The van der Waals surface area contributed by atoms with Crippen LogP contribution in [0.3, 0.4) is 0 Å². The van der Waals surface area contributed by atoms with Crippen molar-refractivity contribution < 1.29 is 31.8 Å². The van der Waals surface area contributed by atoms with Gasteiger partial charge >= 0.3 is 7.18 Å². The first kappa shape index (κ1) is 27.4. The van der Waals surface area contributed by atoms with Crippen molar-refractivity contribution in [3.63, 3.8) is 0 Å². The Labute approximate surface area is 220 Å². The minimum atomic E-state index is -5.50. The molecule has 198 valence electrons. The minimum absolute atomic E-state index is 0.0422. The zero-order chi connectivity index (χ0) is 27.3. The van der Waals surface area contributed by atoms with E-state index in [-0.39, 0.29) is 5.78 Å². The first-order chi connectivity index (χ1) is 18.2. The van der Waals surface area contributed by atoms with Crippen LogP contribution in [0.5, 0.6) is 0 Å². The van der Waals surface area contributed by atoms with E-state index in [2.05, 4.69) is 48.8 Å². The van der Waals surface area contributed by atoms with Crippen LogP contribution in [0.2, 0.25) is 0 Å². The molecule has 0 bridgehead atoms. The molecular weight excluding hydrogens is 490 g/mol. The lowest BCUT2D eigenvalue weighted by molar-refractivity contribution is -0.526. The third-order valence-electron chi connectivity index (χ3n) is 6.56. The summed E-state index contributed by atoms with van der Waals surface area (Å²) in [5, 5.41) is 6.58. The third-order valence-corrected chi connectivity index (χ3v) is 6.56. The van der Waals surface area contributed by atoms with Crippen molar-refractivity contribution in [3.05, 3.63) is 99.3 Å². The molecule has 3 aromatic rings. The first-order valence-electron chi connectivity index (χ1n) is 13.0. The lowest BCUT2D eigenvalue weighted by Crippen LogP contribution is -2.25. The quantitative estimate of drug-likeness (QED) is 0.267. The molecule has 4 nitrogen and oxygen atoms in total. The van der Waals surface area contributed by atoms with Gasteiger partial charge in [-0.3, -0.25) is 4.79 Å². The molecule has 2 aromatic carbocycles. The van der Waals surface area contributed by atoms with Crippen molar-refractivity contribution in [3.8, 4) is 0 Å². The number of furan rings is 1. The Bertz CT molecular complexity index is 1490. The summed E-state index contributed by atoms with van der Waals surface area (Å²) in [6.07, 6.45) is 11.0. The van der Waals surface area contributed by atoms with E-state index in [0.717, 1.165) is 59.2 Å². The maximum absolute atomic E-state index is 13.6. The van der Waals surface area contributed by atoms with E-state index in [4.69, 9.17) is 9.44 Å². The van der Waals surface area contributed by atoms with E-state index in [9.17, 15) is 17.7 Å². The van der Waals surface area contributed by atoms with E-state index >= 15 is 0 Å². The number of hydrogen-bond acceptors (Lipinski definition) is 3. The van der Waals surface area contributed by atoms with Crippen molar-refractivity contribution in [2.24, 2.45) is 0 Å². The summed E-state index contributed by atoms with van der Waals surface area (Å²) in [5.41, 5.74) is 7.95. The molecule has 0 spiro atoms. The number of benzene rings is 2. The van der Waals surface area contributed by atoms with E-state index < -0.39 is 7.18 Å². The van der Waals surface area contributed by atoms with Gasteiger partial charge in [-0.15, -0.1) is 0 Å². The van der Waals surface area contributed by atoms with Crippen LogP contribution in [0, 0.1) is 0 Å². The molecule has 0 aliphatic heterocycles. The molecule has 38 heavy (non-hydrogen) atoms. The predicted octanol–water partition coefficient (Wildman–Crippen LogP) is 5.26. The summed E-state index contributed by atoms with van der Waals surface area (Å²) < 4.78 is 38.9. The molecule has 0 radical (unpaired) electrons. The lowest BCUT2D eigenvalue weighted by Gasteiger charge is -2.16. The monoisotopic (exact) mass is 521 g/mol. The van der Waals surface area contributed by atoms with Gasteiger partial charge in [-0.1, -0.05) is 81.3 Å². The zero-order valence-electron chi connectivity index (χ0n) is 21.6. The van der Waals surface area contributed by atoms with E-state index in [1.807, 2.05) is 42.5 Å². The van der Waals surface area contributed by atoms with Crippen LogP contribution in [0.25, 0.3) is 17.7 Å². The van der Waals surface area contributed by atoms with Gasteiger partial charge in [0.1, 0.15) is 23.9 Å². The number of nitrogens with zero attached hydrogens (tertiary/aromatic N) is 1. The second kappa shape index (κ2) is 11.8. The fourth-order valence-corrected chi connectivity index (χ4v) is 4.80. The van der Waals surface area contributed by atoms with Gasteiger partial charge in [0.2, 0.25) is 5.71 Å². The molecule has 2 aliphatic rings. The Morgan fingerprint density at radius 1 is 0.868 bits per heavy atom. The summed E-state index contributed by atoms with van der Waals surface area (Å²) >= 11 is 0. The van der Waals surface area contributed by atoms with Gasteiger partial charge in [-0.05, 0) is 17.2 Å². The molecular formula is C30H31BF3NO3. The van der Waals surface area contributed by atoms with E-state index in [0.29, 0.717) is 11.0 Å². The highest BCUT2D eigenvalue weighted by Gasteiger charge is 2.31. The Hall–Kier alpha value is -3.65. The fourth-order valence-electron chi connectivity index (χ4n) is 4.80. The van der Waals surface area contributed by atoms with Crippen molar-refractivity contribution in [2.45, 2.75) is 39.5 Å². The smallest absolute Gasteiger partial charge is 0.523 e. The average Bonchev–Trinajstić information content (AvgIpc) is 3.27. The highest BCUT2D eigenvalue weighted by molar-refractivity contribution is 6.49.